The van der Waals surface area contributed by atoms with Crippen molar-refractivity contribution in [2.45, 2.75) is 31.4 Å². The maximum absolute atomic E-state index is 12.5. The summed E-state index contributed by atoms with van der Waals surface area (Å²) in [6, 6.07) is 22.5. The fourth-order valence-electron chi connectivity index (χ4n) is 2.73. The third kappa shape index (κ3) is 5.92. The van der Waals surface area contributed by atoms with Gasteiger partial charge in [-0.05, 0) is 67.9 Å². The number of anilines is 1. The summed E-state index contributed by atoms with van der Waals surface area (Å²) in [5, 5.41) is 2.77. The van der Waals surface area contributed by atoms with Crippen LogP contribution < -0.4 is 14.8 Å². The van der Waals surface area contributed by atoms with Gasteiger partial charge in [0.15, 0.2) is 0 Å². The first-order chi connectivity index (χ1) is 14.3. The second-order valence-electron chi connectivity index (χ2n) is 7.05. The smallest absolute Gasteiger partial charge is 0.255 e. The Balaban J connectivity index is 1.59. The van der Waals surface area contributed by atoms with Crippen LogP contribution in [0.1, 0.15) is 29.8 Å². The lowest BCUT2D eigenvalue weighted by molar-refractivity contribution is 0.102. The summed E-state index contributed by atoms with van der Waals surface area (Å²) in [6.45, 7) is 3.92. The van der Waals surface area contributed by atoms with Crippen LogP contribution in [0.3, 0.4) is 0 Å². The number of amides is 1. The van der Waals surface area contributed by atoms with Crippen LogP contribution in [-0.2, 0) is 16.6 Å². The van der Waals surface area contributed by atoms with Crippen molar-refractivity contribution >= 4 is 21.6 Å². The number of benzene rings is 3. The van der Waals surface area contributed by atoms with Crippen LogP contribution >= 0.6 is 0 Å². The third-order valence-corrected chi connectivity index (χ3v) is 5.85. The van der Waals surface area contributed by atoms with E-state index in [0.717, 1.165) is 11.3 Å². The van der Waals surface area contributed by atoms with E-state index in [9.17, 15) is 13.2 Å². The van der Waals surface area contributed by atoms with Crippen LogP contribution in [0.2, 0.25) is 0 Å². The minimum Gasteiger partial charge on any atom is -0.489 e. The predicted molar refractivity (Wildman–Crippen MR) is 117 cm³/mol. The van der Waals surface area contributed by atoms with Crippen LogP contribution in [-0.4, -0.2) is 20.4 Å². The molecule has 0 aromatic heterocycles. The van der Waals surface area contributed by atoms with Crippen molar-refractivity contribution in [3.05, 3.63) is 90.0 Å². The third-order valence-electron chi connectivity index (χ3n) is 4.18. The fraction of sp³-hybridized carbons (Fsp3) is 0.174. The first kappa shape index (κ1) is 21.5. The van der Waals surface area contributed by atoms with Crippen molar-refractivity contribution in [2.24, 2.45) is 0 Å². The number of sulfonamides is 1. The molecule has 156 valence electrons. The van der Waals surface area contributed by atoms with Gasteiger partial charge in [0, 0.05) is 17.3 Å². The topological polar surface area (TPSA) is 84.5 Å². The molecule has 0 heterocycles. The Bertz CT molecular complexity index is 1080. The van der Waals surface area contributed by atoms with Gasteiger partial charge in [0.1, 0.15) is 12.4 Å². The number of rotatable bonds is 8. The van der Waals surface area contributed by atoms with E-state index in [-0.39, 0.29) is 16.8 Å². The SMILES string of the molecule is CC(C)NS(=O)(=O)c1ccc(NC(=O)c2ccc(COc3ccccc3)cc2)cc1. The van der Waals surface area contributed by atoms with E-state index >= 15 is 0 Å². The standard InChI is InChI=1S/C23H24N2O4S/c1-17(2)25-30(27,28)22-14-12-20(13-15-22)24-23(26)19-10-8-18(9-11-19)16-29-21-6-4-3-5-7-21/h3-15,17,25H,16H2,1-2H3,(H,24,26). The average Bonchev–Trinajstić information content (AvgIpc) is 2.73. The molecule has 0 atom stereocenters. The predicted octanol–water partition coefficient (Wildman–Crippen LogP) is 4.20. The highest BCUT2D eigenvalue weighted by molar-refractivity contribution is 7.89. The molecule has 7 heteroatoms. The first-order valence-corrected chi connectivity index (χ1v) is 11.0. The quantitative estimate of drug-likeness (QED) is 0.567. The maximum atomic E-state index is 12.5. The second kappa shape index (κ2) is 9.56. The molecule has 0 aliphatic carbocycles. The molecule has 0 aliphatic rings. The lowest BCUT2D eigenvalue weighted by Crippen LogP contribution is -2.30. The molecular formula is C23H24N2O4S. The van der Waals surface area contributed by atoms with Crippen molar-refractivity contribution in [3.63, 3.8) is 0 Å². The van der Waals surface area contributed by atoms with Gasteiger partial charge in [-0.15, -0.1) is 0 Å². The van der Waals surface area contributed by atoms with Gasteiger partial charge in [0.05, 0.1) is 4.90 Å². The number of hydrogen-bond acceptors (Lipinski definition) is 4. The Morgan fingerprint density at radius 1 is 0.900 bits per heavy atom. The largest absolute Gasteiger partial charge is 0.489 e. The van der Waals surface area contributed by atoms with Crippen LogP contribution in [0.25, 0.3) is 0 Å². The van der Waals surface area contributed by atoms with Gasteiger partial charge in [-0.1, -0.05) is 30.3 Å². The average molecular weight is 425 g/mol. The van der Waals surface area contributed by atoms with Crippen molar-refractivity contribution < 1.29 is 17.9 Å². The summed E-state index contributed by atoms with van der Waals surface area (Å²) < 4.78 is 32.5. The van der Waals surface area contributed by atoms with Gasteiger partial charge in [-0.25, -0.2) is 13.1 Å². The molecule has 0 saturated carbocycles. The van der Waals surface area contributed by atoms with Gasteiger partial charge < -0.3 is 10.1 Å². The van der Waals surface area contributed by atoms with E-state index in [1.807, 2.05) is 42.5 Å². The number of para-hydroxylation sites is 1. The molecular weight excluding hydrogens is 400 g/mol. The van der Waals surface area contributed by atoms with Crippen LogP contribution in [0.5, 0.6) is 5.75 Å². The summed E-state index contributed by atoms with van der Waals surface area (Å²) >= 11 is 0. The molecule has 3 aromatic rings. The monoisotopic (exact) mass is 424 g/mol. The molecule has 3 aromatic carbocycles. The Hall–Kier alpha value is -3.16. The lowest BCUT2D eigenvalue weighted by Gasteiger charge is -2.11. The highest BCUT2D eigenvalue weighted by atomic mass is 32.2. The van der Waals surface area contributed by atoms with Gasteiger partial charge >= 0.3 is 0 Å². The minimum absolute atomic E-state index is 0.150. The van der Waals surface area contributed by atoms with E-state index in [4.69, 9.17) is 4.74 Å². The maximum Gasteiger partial charge on any atom is 0.255 e. The van der Waals surface area contributed by atoms with Gasteiger partial charge in [0.25, 0.3) is 5.91 Å². The molecule has 0 saturated heterocycles. The second-order valence-corrected chi connectivity index (χ2v) is 8.77. The van der Waals surface area contributed by atoms with Crippen molar-refractivity contribution in [1.82, 2.24) is 4.72 Å². The van der Waals surface area contributed by atoms with E-state index in [0.29, 0.717) is 17.9 Å². The molecule has 2 N–H and O–H groups in total. The molecule has 30 heavy (non-hydrogen) atoms. The summed E-state index contributed by atoms with van der Waals surface area (Å²) in [5.41, 5.74) is 1.96. The van der Waals surface area contributed by atoms with E-state index in [2.05, 4.69) is 10.0 Å². The summed E-state index contributed by atoms with van der Waals surface area (Å²) in [6.07, 6.45) is 0. The summed E-state index contributed by atoms with van der Waals surface area (Å²) in [5.74, 6) is 0.509. The lowest BCUT2D eigenvalue weighted by atomic mass is 10.1. The minimum atomic E-state index is -3.56. The highest BCUT2D eigenvalue weighted by Gasteiger charge is 2.15. The molecule has 3 rings (SSSR count). The van der Waals surface area contributed by atoms with E-state index < -0.39 is 10.0 Å². The van der Waals surface area contributed by atoms with Gasteiger partial charge in [-0.2, -0.15) is 0 Å². The Labute approximate surface area is 177 Å². The van der Waals surface area contributed by atoms with E-state index in [1.54, 1.807) is 38.1 Å². The molecule has 6 nitrogen and oxygen atoms in total. The molecule has 0 radical (unpaired) electrons. The zero-order chi connectivity index (χ0) is 21.6. The normalized spacial score (nSPS) is 11.3. The number of hydrogen-bond donors (Lipinski definition) is 2. The molecule has 0 unspecified atom stereocenters. The highest BCUT2D eigenvalue weighted by Crippen LogP contribution is 2.16. The van der Waals surface area contributed by atoms with Gasteiger partial charge in [-0.3, -0.25) is 4.79 Å². The Kier molecular flexibility index (Phi) is 6.87. The first-order valence-electron chi connectivity index (χ1n) is 9.54. The summed E-state index contributed by atoms with van der Waals surface area (Å²) in [7, 11) is -3.56. The van der Waals surface area contributed by atoms with Crippen molar-refractivity contribution in [3.8, 4) is 5.75 Å². The molecule has 0 spiro atoms. The Morgan fingerprint density at radius 3 is 2.13 bits per heavy atom. The zero-order valence-corrected chi connectivity index (χ0v) is 17.6. The Morgan fingerprint density at radius 2 is 1.53 bits per heavy atom. The number of carbonyl (C=O) groups excluding carboxylic acids is 1. The molecule has 0 aliphatic heterocycles. The fourth-order valence-corrected chi connectivity index (χ4v) is 3.99. The number of nitrogens with one attached hydrogen (secondary N) is 2. The summed E-state index contributed by atoms with van der Waals surface area (Å²) in [4.78, 5) is 12.6. The van der Waals surface area contributed by atoms with Gasteiger partial charge in [0.2, 0.25) is 10.0 Å². The van der Waals surface area contributed by atoms with Crippen molar-refractivity contribution in [1.29, 1.82) is 0 Å². The number of carbonyl (C=O) groups is 1. The van der Waals surface area contributed by atoms with E-state index in [1.165, 1.54) is 12.1 Å². The zero-order valence-electron chi connectivity index (χ0n) is 16.8. The number of ether oxygens (including phenoxy) is 1. The molecule has 1 amide bonds. The van der Waals surface area contributed by atoms with Crippen LogP contribution in [0, 0.1) is 0 Å². The van der Waals surface area contributed by atoms with Crippen LogP contribution in [0.15, 0.2) is 83.8 Å². The van der Waals surface area contributed by atoms with Crippen molar-refractivity contribution in [2.75, 3.05) is 5.32 Å². The molecule has 0 fully saturated rings. The molecule has 0 bridgehead atoms. The van der Waals surface area contributed by atoms with Crippen LogP contribution in [0.4, 0.5) is 5.69 Å².